The van der Waals surface area contributed by atoms with Crippen LogP contribution in [0.15, 0.2) is 22.8 Å². The predicted molar refractivity (Wildman–Crippen MR) is 65.1 cm³/mol. The van der Waals surface area contributed by atoms with Crippen molar-refractivity contribution in [3.05, 3.63) is 28.4 Å². The number of halogens is 1. The molecule has 0 aliphatic heterocycles. The minimum atomic E-state index is -0.442. The molecular formula is C11H9BrN2O3. The van der Waals surface area contributed by atoms with Gasteiger partial charge < -0.3 is 9.47 Å². The quantitative estimate of drug-likeness (QED) is 0.795. The molecule has 2 aromatic rings. The van der Waals surface area contributed by atoms with E-state index in [0.29, 0.717) is 26.9 Å². The number of fused-ring (bicyclic) bond motifs is 1. The van der Waals surface area contributed by atoms with E-state index < -0.39 is 5.97 Å². The standard InChI is InChI=1S/C11H9BrN2O3/c1-16-10-7(12)4-8-9(14-10)3-6(5-13-8)11(15)17-2/h3-5H,1-2H3. The van der Waals surface area contributed by atoms with Crippen molar-refractivity contribution >= 4 is 32.9 Å². The first-order valence-corrected chi connectivity index (χ1v) is 5.53. The van der Waals surface area contributed by atoms with Crippen LogP contribution in [0.5, 0.6) is 5.88 Å². The summed E-state index contributed by atoms with van der Waals surface area (Å²) in [5.41, 5.74) is 1.61. The Balaban J connectivity index is 2.60. The van der Waals surface area contributed by atoms with Crippen LogP contribution in [0.25, 0.3) is 11.0 Å². The van der Waals surface area contributed by atoms with E-state index in [1.807, 2.05) is 0 Å². The van der Waals surface area contributed by atoms with Gasteiger partial charge in [-0.2, -0.15) is 0 Å². The maximum atomic E-state index is 11.3. The van der Waals surface area contributed by atoms with Crippen LogP contribution < -0.4 is 4.74 Å². The van der Waals surface area contributed by atoms with Gasteiger partial charge in [0.1, 0.15) is 0 Å². The molecule has 0 spiro atoms. The lowest BCUT2D eigenvalue weighted by molar-refractivity contribution is 0.0600. The number of ether oxygens (including phenoxy) is 2. The van der Waals surface area contributed by atoms with Gasteiger partial charge in [-0.1, -0.05) is 0 Å². The maximum Gasteiger partial charge on any atom is 0.339 e. The molecule has 0 aliphatic carbocycles. The van der Waals surface area contributed by atoms with Crippen molar-refractivity contribution in [2.24, 2.45) is 0 Å². The van der Waals surface area contributed by atoms with Gasteiger partial charge in [0, 0.05) is 6.20 Å². The highest BCUT2D eigenvalue weighted by molar-refractivity contribution is 9.10. The summed E-state index contributed by atoms with van der Waals surface area (Å²) in [5.74, 6) is 0.00408. The topological polar surface area (TPSA) is 61.3 Å². The van der Waals surface area contributed by atoms with E-state index in [9.17, 15) is 4.79 Å². The van der Waals surface area contributed by atoms with Gasteiger partial charge in [-0.05, 0) is 28.1 Å². The van der Waals surface area contributed by atoms with Crippen LogP contribution in [0.2, 0.25) is 0 Å². The molecule has 6 heteroatoms. The van der Waals surface area contributed by atoms with E-state index in [1.54, 1.807) is 12.1 Å². The van der Waals surface area contributed by atoms with Gasteiger partial charge in [0.2, 0.25) is 5.88 Å². The van der Waals surface area contributed by atoms with E-state index in [2.05, 4.69) is 30.6 Å². The lowest BCUT2D eigenvalue weighted by Crippen LogP contribution is -2.02. The maximum absolute atomic E-state index is 11.3. The zero-order valence-electron chi connectivity index (χ0n) is 9.23. The molecule has 0 aromatic carbocycles. The Morgan fingerprint density at radius 3 is 2.71 bits per heavy atom. The molecule has 2 heterocycles. The van der Waals surface area contributed by atoms with E-state index in [4.69, 9.17) is 4.74 Å². The molecule has 17 heavy (non-hydrogen) atoms. The van der Waals surface area contributed by atoms with Crippen molar-refractivity contribution in [1.29, 1.82) is 0 Å². The molecule has 0 radical (unpaired) electrons. The fraction of sp³-hybridized carbons (Fsp3) is 0.182. The second kappa shape index (κ2) is 4.67. The zero-order chi connectivity index (χ0) is 12.4. The Kier molecular flexibility index (Phi) is 3.23. The Morgan fingerprint density at radius 2 is 2.06 bits per heavy atom. The average Bonchev–Trinajstić information content (AvgIpc) is 2.36. The van der Waals surface area contributed by atoms with Crippen molar-refractivity contribution in [3.8, 4) is 5.88 Å². The molecule has 0 saturated carbocycles. The zero-order valence-corrected chi connectivity index (χ0v) is 10.8. The first-order chi connectivity index (χ1) is 8.15. The number of carbonyl (C=O) groups is 1. The Morgan fingerprint density at radius 1 is 1.29 bits per heavy atom. The minimum Gasteiger partial charge on any atom is -0.480 e. The second-order valence-electron chi connectivity index (χ2n) is 3.23. The van der Waals surface area contributed by atoms with Crippen LogP contribution >= 0.6 is 15.9 Å². The molecule has 5 nitrogen and oxygen atoms in total. The first kappa shape index (κ1) is 11.8. The van der Waals surface area contributed by atoms with Crippen molar-refractivity contribution in [2.75, 3.05) is 14.2 Å². The van der Waals surface area contributed by atoms with Gasteiger partial charge in [0.25, 0.3) is 0 Å². The molecule has 0 aliphatic rings. The van der Waals surface area contributed by atoms with Gasteiger partial charge in [-0.15, -0.1) is 0 Å². The molecule has 0 unspecified atom stereocenters. The van der Waals surface area contributed by atoms with Gasteiger partial charge in [-0.3, -0.25) is 4.98 Å². The number of aromatic nitrogens is 2. The fourth-order valence-corrected chi connectivity index (χ4v) is 1.85. The first-order valence-electron chi connectivity index (χ1n) is 4.74. The largest absolute Gasteiger partial charge is 0.480 e. The summed E-state index contributed by atoms with van der Waals surface area (Å²) in [6, 6.07) is 3.39. The molecule has 0 N–H and O–H groups in total. The normalized spacial score (nSPS) is 10.3. The minimum absolute atomic E-state index is 0.358. The van der Waals surface area contributed by atoms with Crippen molar-refractivity contribution in [3.63, 3.8) is 0 Å². The van der Waals surface area contributed by atoms with Crippen LogP contribution in [0.1, 0.15) is 10.4 Å². The number of esters is 1. The van der Waals surface area contributed by atoms with Gasteiger partial charge in [0.05, 0.1) is 35.3 Å². The lowest BCUT2D eigenvalue weighted by Gasteiger charge is -2.05. The number of nitrogens with zero attached hydrogens (tertiary/aromatic N) is 2. The third-order valence-corrected chi connectivity index (χ3v) is 2.77. The summed E-state index contributed by atoms with van der Waals surface area (Å²) in [5, 5.41) is 0. The van der Waals surface area contributed by atoms with Crippen molar-refractivity contribution in [2.45, 2.75) is 0 Å². The van der Waals surface area contributed by atoms with Crippen molar-refractivity contribution < 1.29 is 14.3 Å². The molecule has 2 aromatic heterocycles. The number of methoxy groups -OCH3 is 2. The summed E-state index contributed by atoms with van der Waals surface area (Å²) in [7, 11) is 2.85. The number of hydrogen-bond acceptors (Lipinski definition) is 5. The highest BCUT2D eigenvalue weighted by Gasteiger charge is 2.10. The van der Waals surface area contributed by atoms with Crippen LogP contribution in [-0.4, -0.2) is 30.2 Å². The van der Waals surface area contributed by atoms with Crippen LogP contribution in [-0.2, 0) is 4.74 Å². The number of pyridine rings is 2. The fourth-order valence-electron chi connectivity index (χ4n) is 1.38. The smallest absolute Gasteiger partial charge is 0.339 e. The summed E-state index contributed by atoms with van der Waals surface area (Å²) in [6.45, 7) is 0. The monoisotopic (exact) mass is 296 g/mol. The number of carbonyl (C=O) groups excluding carboxylic acids is 1. The van der Waals surface area contributed by atoms with E-state index in [1.165, 1.54) is 20.4 Å². The van der Waals surface area contributed by atoms with Crippen LogP contribution in [0.3, 0.4) is 0 Å². The van der Waals surface area contributed by atoms with Gasteiger partial charge >= 0.3 is 5.97 Å². The van der Waals surface area contributed by atoms with Crippen LogP contribution in [0, 0.1) is 0 Å². The summed E-state index contributed by atoms with van der Waals surface area (Å²) in [4.78, 5) is 19.7. The summed E-state index contributed by atoms with van der Waals surface area (Å²) < 4.78 is 10.4. The molecule has 2 rings (SSSR count). The highest BCUT2D eigenvalue weighted by Crippen LogP contribution is 2.26. The third kappa shape index (κ3) is 2.21. The highest BCUT2D eigenvalue weighted by atomic mass is 79.9. The van der Waals surface area contributed by atoms with Gasteiger partial charge in [-0.25, -0.2) is 9.78 Å². The SMILES string of the molecule is COC(=O)c1cnc2cc(Br)c(OC)nc2c1. The molecule has 0 atom stereocenters. The molecular weight excluding hydrogens is 288 g/mol. The average molecular weight is 297 g/mol. The Bertz CT molecular complexity index is 586. The van der Waals surface area contributed by atoms with E-state index in [0.717, 1.165) is 0 Å². The van der Waals surface area contributed by atoms with E-state index in [-0.39, 0.29) is 0 Å². The van der Waals surface area contributed by atoms with Crippen molar-refractivity contribution in [1.82, 2.24) is 9.97 Å². The molecule has 0 saturated heterocycles. The summed E-state index contributed by atoms with van der Waals surface area (Å²) in [6.07, 6.45) is 1.45. The second-order valence-corrected chi connectivity index (χ2v) is 4.09. The molecule has 0 amide bonds. The molecule has 0 fully saturated rings. The lowest BCUT2D eigenvalue weighted by atomic mass is 10.2. The number of hydrogen-bond donors (Lipinski definition) is 0. The molecule has 0 bridgehead atoms. The molecule has 88 valence electrons. The van der Waals surface area contributed by atoms with Gasteiger partial charge in [0.15, 0.2) is 0 Å². The summed E-state index contributed by atoms with van der Waals surface area (Å²) >= 11 is 3.32. The van der Waals surface area contributed by atoms with E-state index >= 15 is 0 Å². The number of rotatable bonds is 2. The van der Waals surface area contributed by atoms with Crippen LogP contribution in [0.4, 0.5) is 0 Å². The predicted octanol–water partition coefficient (Wildman–Crippen LogP) is 2.19. The third-order valence-electron chi connectivity index (χ3n) is 2.20. The Labute approximate surface area is 106 Å². The Hall–Kier alpha value is -1.69.